The van der Waals surface area contributed by atoms with Crippen LogP contribution >= 0.6 is 0 Å². The number of benzene rings is 1. The van der Waals surface area contributed by atoms with E-state index in [-0.39, 0.29) is 11.8 Å². The molecule has 0 spiro atoms. The van der Waals surface area contributed by atoms with Crippen molar-refractivity contribution in [3.63, 3.8) is 0 Å². The number of carbonyl (C=O) groups is 1. The fourth-order valence-electron chi connectivity index (χ4n) is 2.19. The first-order valence-corrected chi connectivity index (χ1v) is 8.41. The van der Waals surface area contributed by atoms with Gasteiger partial charge in [0.25, 0.3) is 0 Å². The zero-order valence-electron chi connectivity index (χ0n) is 11.6. The molecular weight excluding hydrogens is 278 g/mol. The van der Waals surface area contributed by atoms with Crippen molar-refractivity contribution in [2.75, 3.05) is 12.4 Å². The average Bonchev–Trinajstić information content (AvgIpc) is 2.46. The van der Waals surface area contributed by atoms with E-state index in [2.05, 4.69) is 5.32 Å². The Kier molecular flexibility index (Phi) is 4.32. The maximum Gasteiger partial charge on any atom is 0.238 e. The lowest BCUT2D eigenvalue weighted by molar-refractivity contribution is -0.121. The Morgan fingerprint density at radius 2 is 2.15 bits per heavy atom. The molecular formula is C14H19NO4S. The van der Waals surface area contributed by atoms with E-state index >= 15 is 0 Å². The Balaban J connectivity index is 2.14. The van der Waals surface area contributed by atoms with Crippen molar-refractivity contribution in [1.29, 1.82) is 0 Å². The van der Waals surface area contributed by atoms with Crippen LogP contribution in [0, 0.1) is 0 Å². The number of amides is 1. The van der Waals surface area contributed by atoms with Crippen molar-refractivity contribution < 1.29 is 17.9 Å². The van der Waals surface area contributed by atoms with E-state index in [1.807, 2.05) is 24.3 Å². The summed E-state index contributed by atoms with van der Waals surface area (Å²) in [4.78, 5) is 12.1. The first-order chi connectivity index (χ1) is 9.45. The molecule has 20 heavy (non-hydrogen) atoms. The summed E-state index contributed by atoms with van der Waals surface area (Å²) in [5.74, 6) is 0.259. The molecule has 1 aromatic carbocycles. The van der Waals surface area contributed by atoms with Gasteiger partial charge in [0.2, 0.25) is 5.91 Å². The van der Waals surface area contributed by atoms with Crippen LogP contribution in [-0.4, -0.2) is 31.9 Å². The standard InChI is InChI=1S/C14H19NO4S/c1-3-20(17,18)10(2)14(16)15-12-8-9-19-13-7-5-4-6-11(12)13/h4-7,10,12H,3,8-9H2,1-2H3,(H,15,16)/t10-,12+/m1/s1. The lowest BCUT2D eigenvalue weighted by Gasteiger charge is -2.27. The lowest BCUT2D eigenvalue weighted by atomic mass is 10.0. The van der Waals surface area contributed by atoms with Gasteiger partial charge in [0.1, 0.15) is 11.0 Å². The van der Waals surface area contributed by atoms with Crippen molar-refractivity contribution in [2.45, 2.75) is 31.6 Å². The quantitative estimate of drug-likeness (QED) is 0.913. The van der Waals surface area contributed by atoms with Crippen LogP contribution in [0.15, 0.2) is 24.3 Å². The van der Waals surface area contributed by atoms with Crippen molar-refractivity contribution >= 4 is 15.7 Å². The molecule has 2 atom stereocenters. The number of hydrogen-bond donors (Lipinski definition) is 1. The topological polar surface area (TPSA) is 72.5 Å². The number of ether oxygens (including phenoxy) is 1. The Hall–Kier alpha value is -1.56. The minimum Gasteiger partial charge on any atom is -0.493 e. The third kappa shape index (κ3) is 2.95. The van der Waals surface area contributed by atoms with Crippen LogP contribution in [0.1, 0.15) is 31.9 Å². The second-order valence-electron chi connectivity index (χ2n) is 4.83. The van der Waals surface area contributed by atoms with Crippen LogP contribution in [-0.2, 0) is 14.6 Å². The second kappa shape index (κ2) is 5.83. The molecule has 0 fully saturated rings. The van der Waals surface area contributed by atoms with E-state index in [1.165, 1.54) is 6.92 Å². The van der Waals surface area contributed by atoms with E-state index in [0.29, 0.717) is 13.0 Å². The van der Waals surface area contributed by atoms with E-state index in [4.69, 9.17) is 4.74 Å². The van der Waals surface area contributed by atoms with Crippen molar-refractivity contribution in [1.82, 2.24) is 5.32 Å². The summed E-state index contributed by atoms with van der Waals surface area (Å²) in [6.07, 6.45) is 0.641. The number of para-hydroxylation sites is 1. The van der Waals surface area contributed by atoms with Gasteiger partial charge in [0.05, 0.1) is 12.6 Å². The van der Waals surface area contributed by atoms with Crippen LogP contribution in [0.3, 0.4) is 0 Å². The van der Waals surface area contributed by atoms with Crippen LogP contribution in [0.5, 0.6) is 5.75 Å². The molecule has 1 amide bonds. The molecule has 1 heterocycles. The normalized spacial score (nSPS) is 19.6. The molecule has 0 saturated carbocycles. The average molecular weight is 297 g/mol. The van der Waals surface area contributed by atoms with Gasteiger partial charge in [-0.05, 0) is 13.0 Å². The van der Waals surface area contributed by atoms with E-state index < -0.39 is 21.0 Å². The number of fused-ring (bicyclic) bond motifs is 1. The molecule has 1 aromatic rings. The molecule has 1 N–H and O–H groups in total. The van der Waals surface area contributed by atoms with E-state index in [9.17, 15) is 13.2 Å². The first kappa shape index (κ1) is 14.8. The molecule has 110 valence electrons. The summed E-state index contributed by atoms with van der Waals surface area (Å²) in [5.41, 5.74) is 0.896. The minimum atomic E-state index is -3.37. The van der Waals surface area contributed by atoms with Crippen molar-refractivity contribution in [3.05, 3.63) is 29.8 Å². The first-order valence-electron chi connectivity index (χ1n) is 6.69. The third-order valence-corrected chi connectivity index (χ3v) is 5.68. The largest absolute Gasteiger partial charge is 0.493 e. The summed E-state index contributed by atoms with van der Waals surface area (Å²) in [5, 5.41) is 1.79. The molecule has 0 radical (unpaired) electrons. The highest BCUT2D eigenvalue weighted by molar-refractivity contribution is 7.92. The van der Waals surface area contributed by atoms with Gasteiger partial charge in [-0.15, -0.1) is 0 Å². The summed E-state index contributed by atoms with van der Waals surface area (Å²) >= 11 is 0. The van der Waals surface area contributed by atoms with Crippen LogP contribution in [0.25, 0.3) is 0 Å². The monoisotopic (exact) mass is 297 g/mol. The molecule has 6 heteroatoms. The van der Waals surface area contributed by atoms with Crippen LogP contribution in [0.2, 0.25) is 0 Å². The van der Waals surface area contributed by atoms with Gasteiger partial charge in [-0.2, -0.15) is 0 Å². The molecule has 0 aromatic heterocycles. The number of nitrogens with one attached hydrogen (secondary N) is 1. The highest BCUT2D eigenvalue weighted by Gasteiger charge is 2.30. The van der Waals surface area contributed by atoms with Crippen molar-refractivity contribution in [3.8, 4) is 5.75 Å². The van der Waals surface area contributed by atoms with Crippen LogP contribution in [0.4, 0.5) is 0 Å². The predicted octanol–water partition coefficient (Wildman–Crippen LogP) is 1.45. The van der Waals surface area contributed by atoms with E-state index in [0.717, 1.165) is 11.3 Å². The number of sulfone groups is 1. The molecule has 5 nitrogen and oxygen atoms in total. The Bertz CT molecular complexity index is 597. The van der Waals surface area contributed by atoms with Gasteiger partial charge >= 0.3 is 0 Å². The van der Waals surface area contributed by atoms with Gasteiger partial charge in [-0.3, -0.25) is 4.79 Å². The van der Waals surface area contributed by atoms with E-state index in [1.54, 1.807) is 6.92 Å². The summed E-state index contributed by atoms with van der Waals surface area (Å²) in [6, 6.07) is 7.28. The molecule has 0 bridgehead atoms. The third-order valence-electron chi connectivity index (χ3n) is 3.59. The van der Waals surface area contributed by atoms with Gasteiger partial charge in [0, 0.05) is 17.7 Å². The fraction of sp³-hybridized carbons (Fsp3) is 0.500. The zero-order chi connectivity index (χ0) is 14.8. The minimum absolute atomic E-state index is 0.0358. The molecule has 0 unspecified atom stereocenters. The predicted molar refractivity (Wildman–Crippen MR) is 76.4 cm³/mol. The second-order valence-corrected chi connectivity index (χ2v) is 7.44. The zero-order valence-corrected chi connectivity index (χ0v) is 12.4. The fourth-order valence-corrected chi connectivity index (χ4v) is 3.09. The molecule has 0 aliphatic carbocycles. The number of carbonyl (C=O) groups excluding carboxylic acids is 1. The summed E-state index contributed by atoms with van der Waals surface area (Å²) in [7, 11) is -3.37. The summed E-state index contributed by atoms with van der Waals surface area (Å²) < 4.78 is 29.0. The van der Waals surface area contributed by atoms with Gasteiger partial charge in [-0.1, -0.05) is 25.1 Å². The van der Waals surface area contributed by atoms with Gasteiger partial charge < -0.3 is 10.1 Å². The Morgan fingerprint density at radius 3 is 2.85 bits per heavy atom. The highest BCUT2D eigenvalue weighted by atomic mass is 32.2. The van der Waals surface area contributed by atoms with Gasteiger partial charge in [0.15, 0.2) is 9.84 Å². The Labute approximate surface area is 119 Å². The summed E-state index contributed by atoms with van der Waals surface area (Å²) in [6.45, 7) is 3.49. The SMILES string of the molecule is CCS(=O)(=O)[C@H](C)C(=O)N[C@H]1CCOc2ccccc21. The molecule has 1 aliphatic rings. The number of hydrogen-bond acceptors (Lipinski definition) is 4. The maximum absolute atomic E-state index is 12.1. The molecule has 1 aliphatic heterocycles. The highest BCUT2D eigenvalue weighted by Crippen LogP contribution is 2.31. The molecule has 2 rings (SSSR count). The Morgan fingerprint density at radius 1 is 1.45 bits per heavy atom. The smallest absolute Gasteiger partial charge is 0.238 e. The molecule has 0 saturated heterocycles. The lowest BCUT2D eigenvalue weighted by Crippen LogP contribution is -2.41. The van der Waals surface area contributed by atoms with Crippen molar-refractivity contribution in [2.24, 2.45) is 0 Å². The van der Waals surface area contributed by atoms with Crippen LogP contribution < -0.4 is 10.1 Å². The number of rotatable bonds is 4. The van der Waals surface area contributed by atoms with Gasteiger partial charge in [-0.25, -0.2) is 8.42 Å². The maximum atomic E-state index is 12.1.